The zero-order chi connectivity index (χ0) is 11.4. The molecule has 82 valence electrons. The maximum absolute atomic E-state index is 11.3. The highest BCUT2D eigenvalue weighted by atomic mass is 16.2. The lowest BCUT2D eigenvalue weighted by Crippen LogP contribution is -2.51. The van der Waals surface area contributed by atoms with Gasteiger partial charge in [0, 0.05) is 6.54 Å². The maximum Gasteiger partial charge on any atom is 0.315 e. The summed E-state index contributed by atoms with van der Waals surface area (Å²) in [6.07, 6.45) is 0. The summed E-state index contributed by atoms with van der Waals surface area (Å²) in [7, 11) is 0. The molecule has 0 aromatic heterocycles. The second kappa shape index (κ2) is 4.98. The molecule has 1 atom stereocenters. The predicted molar refractivity (Wildman–Crippen MR) is 56.1 cm³/mol. The second-order valence-electron chi connectivity index (χ2n) is 4.41. The van der Waals surface area contributed by atoms with Crippen LogP contribution < -0.4 is 10.6 Å². The van der Waals surface area contributed by atoms with Gasteiger partial charge in [-0.1, -0.05) is 20.8 Å². The van der Waals surface area contributed by atoms with Gasteiger partial charge in [-0.15, -0.1) is 0 Å². The Balaban J connectivity index is 4.40. The van der Waals surface area contributed by atoms with Crippen molar-refractivity contribution < 1.29 is 9.59 Å². The number of urea groups is 1. The highest BCUT2D eigenvalue weighted by Crippen LogP contribution is 2.19. The third-order valence-electron chi connectivity index (χ3n) is 1.89. The topological polar surface area (TPSA) is 58.2 Å². The molecule has 0 rings (SSSR count). The van der Waals surface area contributed by atoms with E-state index in [4.69, 9.17) is 0 Å². The molecule has 0 radical (unpaired) electrons. The first kappa shape index (κ1) is 12.9. The van der Waals surface area contributed by atoms with E-state index in [1.165, 1.54) is 6.92 Å². The molecule has 0 saturated heterocycles. The number of Topliss-reactive ketones (excluding diaryl/α,β-unsaturated/α-hetero) is 1. The van der Waals surface area contributed by atoms with Gasteiger partial charge in [0.15, 0.2) is 5.78 Å². The van der Waals surface area contributed by atoms with Gasteiger partial charge in [0.1, 0.15) is 0 Å². The average molecular weight is 200 g/mol. The molecule has 0 aromatic rings. The van der Waals surface area contributed by atoms with E-state index in [1.54, 1.807) is 0 Å². The molecule has 2 N–H and O–H groups in total. The fraction of sp³-hybridized carbons (Fsp3) is 0.800. The minimum absolute atomic E-state index is 0.0243. The number of hydrogen-bond acceptors (Lipinski definition) is 2. The summed E-state index contributed by atoms with van der Waals surface area (Å²) in [5.41, 5.74) is -0.253. The molecule has 4 heteroatoms. The minimum Gasteiger partial charge on any atom is -0.338 e. The van der Waals surface area contributed by atoms with Crippen LogP contribution in [0.1, 0.15) is 34.6 Å². The third-order valence-corrected chi connectivity index (χ3v) is 1.89. The third kappa shape index (κ3) is 4.25. The monoisotopic (exact) mass is 200 g/mol. The Labute approximate surface area is 85.4 Å². The molecule has 0 spiro atoms. The van der Waals surface area contributed by atoms with Gasteiger partial charge in [0.2, 0.25) is 0 Å². The van der Waals surface area contributed by atoms with E-state index < -0.39 is 6.04 Å². The first-order chi connectivity index (χ1) is 6.29. The molecule has 2 amide bonds. The van der Waals surface area contributed by atoms with Crippen LogP contribution in [0.25, 0.3) is 0 Å². The van der Waals surface area contributed by atoms with Crippen molar-refractivity contribution in [2.45, 2.75) is 40.7 Å². The van der Waals surface area contributed by atoms with Crippen LogP contribution in [0.5, 0.6) is 0 Å². The fourth-order valence-electron chi connectivity index (χ4n) is 1.27. The van der Waals surface area contributed by atoms with E-state index in [-0.39, 0.29) is 17.2 Å². The summed E-state index contributed by atoms with van der Waals surface area (Å²) < 4.78 is 0. The number of rotatable bonds is 3. The van der Waals surface area contributed by atoms with Gasteiger partial charge in [-0.05, 0) is 19.3 Å². The zero-order valence-electron chi connectivity index (χ0n) is 9.60. The van der Waals surface area contributed by atoms with Gasteiger partial charge < -0.3 is 10.6 Å². The van der Waals surface area contributed by atoms with Crippen LogP contribution in [0.2, 0.25) is 0 Å². The minimum atomic E-state index is -0.436. The number of amides is 2. The van der Waals surface area contributed by atoms with Crippen molar-refractivity contribution in [3.05, 3.63) is 0 Å². The summed E-state index contributed by atoms with van der Waals surface area (Å²) in [5, 5.41) is 5.26. The second-order valence-corrected chi connectivity index (χ2v) is 4.41. The Hall–Kier alpha value is -1.06. The van der Waals surface area contributed by atoms with E-state index in [9.17, 15) is 9.59 Å². The van der Waals surface area contributed by atoms with Crippen molar-refractivity contribution >= 4 is 11.8 Å². The van der Waals surface area contributed by atoms with Gasteiger partial charge in [-0.25, -0.2) is 4.79 Å². The Morgan fingerprint density at radius 1 is 1.29 bits per heavy atom. The van der Waals surface area contributed by atoms with E-state index in [1.807, 2.05) is 27.7 Å². The van der Waals surface area contributed by atoms with Crippen molar-refractivity contribution in [1.29, 1.82) is 0 Å². The van der Waals surface area contributed by atoms with Crippen LogP contribution in [-0.4, -0.2) is 24.4 Å². The summed E-state index contributed by atoms with van der Waals surface area (Å²) in [5.74, 6) is -0.0243. The van der Waals surface area contributed by atoms with Crippen molar-refractivity contribution in [3.63, 3.8) is 0 Å². The van der Waals surface area contributed by atoms with Crippen LogP contribution in [0.4, 0.5) is 4.79 Å². The van der Waals surface area contributed by atoms with Crippen LogP contribution in [0.15, 0.2) is 0 Å². The first-order valence-electron chi connectivity index (χ1n) is 4.83. The molecule has 0 aliphatic rings. The van der Waals surface area contributed by atoms with Gasteiger partial charge in [0.25, 0.3) is 0 Å². The van der Waals surface area contributed by atoms with Gasteiger partial charge >= 0.3 is 6.03 Å². The predicted octanol–water partition coefficient (Wildman–Crippen LogP) is 1.31. The highest BCUT2D eigenvalue weighted by Gasteiger charge is 2.29. The fourth-order valence-corrected chi connectivity index (χ4v) is 1.27. The van der Waals surface area contributed by atoms with Gasteiger partial charge in [-0.2, -0.15) is 0 Å². The largest absolute Gasteiger partial charge is 0.338 e. The van der Waals surface area contributed by atoms with Crippen LogP contribution in [-0.2, 0) is 4.79 Å². The Morgan fingerprint density at radius 3 is 2.07 bits per heavy atom. The van der Waals surface area contributed by atoms with E-state index in [2.05, 4.69) is 10.6 Å². The van der Waals surface area contributed by atoms with Crippen molar-refractivity contribution in [2.75, 3.05) is 6.54 Å². The first-order valence-corrected chi connectivity index (χ1v) is 4.83. The van der Waals surface area contributed by atoms with E-state index in [0.29, 0.717) is 6.54 Å². The van der Waals surface area contributed by atoms with Crippen LogP contribution >= 0.6 is 0 Å². The van der Waals surface area contributed by atoms with Crippen molar-refractivity contribution in [3.8, 4) is 0 Å². The number of nitrogens with one attached hydrogen (secondary N) is 2. The number of carbonyl (C=O) groups is 2. The number of ketones is 1. The Morgan fingerprint density at radius 2 is 1.79 bits per heavy atom. The van der Waals surface area contributed by atoms with E-state index in [0.717, 1.165) is 0 Å². The Bertz CT molecular complexity index is 219. The lowest BCUT2D eigenvalue weighted by molar-refractivity contribution is -0.121. The molecule has 0 bridgehead atoms. The molecule has 0 fully saturated rings. The maximum atomic E-state index is 11.3. The summed E-state index contributed by atoms with van der Waals surface area (Å²) in [6, 6.07) is -0.725. The molecular weight excluding hydrogens is 180 g/mol. The average Bonchev–Trinajstić information content (AvgIpc) is 1.98. The molecule has 0 aromatic carbocycles. The summed E-state index contributed by atoms with van der Waals surface area (Å²) in [6.45, 7) is 9.64. The molecule has 0 heterocycles. The molecule has 1 unspecified atom stereocenters. The van der Waals surface area contributed by atoms with Gasteiger partial charge in [0.05, 0.1) is 6.04 Å². The smallest absolute Gasteiger partial charge is 0.315 e. The van der Waals surface area contributed by atoms with E-state index >= 15 is 0 Å². The van der Waals surface area contributed by atoms with Crippen molar-refractivity contribution in [2.24, 2.45) is 5.41 Å². The summed E-state index contributed by atoms with van der Waals surface area (Å²) in [4.78, 5) is 22.5. The molecule has 0 aliphatic heterocycles. The molecule has 14 heavy (non-hydrogen) atoms. The SMILES string of the molecule is CCNC(=O)NC(C(C)=O)C(C)(C)C. The quantitative estimate of drug-likeness (QED) is 0.721. The Kier molecular flexibility index (Phi) is 4.60. The zero-order valence-corrected chi connectivity index (χ0v) is 9.60. The molecule has 4 nitrogen and oxygen atoms in total. The lowest BCUT2D eigenvalue weighted by atomic mass is 9.84. The normalized spacial score (nSPS) is 13.2. The highest BCUT2D eigenvalue weighted by molar-refractivity contribution is 5.87. The number of hydrogen-bond donors (Lipinski definition) is 2. The standard InChI is InChI=1S/C10H20N2O2/c1-6-11-9(14)12-8(7(2)13)10(3,4)5/h8H,6H2,1-5H3,(H2,11,12,14). The van der Waals surface area contributed by atoms with Crippen molar-refractivity contribution in [1.82, 2.24) is 10.6 Å². The lowest BCUT2D eigenvalue weighted by Gasteiger charge is -2.29. The van der Waals surface area contributed by atoms with Gasteiger partial charge in [-0.3, -0.25) is 4.79 Å². The molecular formula is C10H20N2O2. The summed E-state index contributed by atoms with van der Waals surface area (Å²) >= 11 is 0. The van der Waals surface area contributed by atoms with Crippen LogP contribution in [0, 0.1) is 5.41 Å². The number of carbonyl (C=O) groups excluding carboxylic acids is 2. The van der Waals surface area contributed by atoms with Crippen LogP contribution in [0.3, 0.4) is 0 Å². The molecule has 0 aliphatic carbocycles. The molecule has 0 saturated carbocycles.